The van der Waals surface area contributed by atoms with Crippen molar-refractivity contribution in [3.63, 3.8) is 0 Å². The Morgan fingerprint density at radius 3 is 1.83 bits per heavy atom. The van der Waals surface area contributed by atoms with Gasteiger partial charge in [-0.1, -0.05) is 13.8 Å². The smallest absolute Gasteiger partial charge is 0.0593 e. The van der Waals surface area contributed by atoms with Crippen LogP contribution in [0.1, 0.15) is 34.1 Å². The largest absolute Gasteiger partial charge is 0.380 e. The quantitative estimate of drug-likeness (QED) is 0.543. The molecule has 0 aliphatic carbocycles. The van der Waals surface area contributed by atoms with E-state index in [1.165, 1.54) is 0 Å². The summed E-state index contributed by atoms with van der Waals surface area (Å²) in [4.78, 5) is 2.41. The molecule has 0 amide bonds. The Kier molecular flexibility index (Phi) is 10.6. The van der Waals surface area contributed by atoms with Crippen molar-refractivity contribution in [1.29, 1.82) is 0 Å². The molecule has 0 atom stereocenters. The first-order valence-electron chi connectivity index (χ1n) is 7.13. The lowest BCUT2D eigenvalue weighted by molar-refractivity contribution is 0.0774. The zero-order valence-corrected chi connectivity index (χ0v) is 12.7. The maximum Gasteiger partial charge on any atom is 0.0593 e. The van der Waals surface area contributed by atoms with Crippen LogP contribution >= 0.6 is 0 Å². The van der Waals surface area contributed by atoms with Gasteiger partial charge in [0.2, 0.25) is 0 Å². The van der Waals surface area contributed by atoms with Crippen LogP contribution in [0.15, 0.2) is 0 Å². The van der Waals surface area contributed by atoms with Crippen LogP contribution in [-0.2, 0) is 9.47 Å². The summed E-state index contributed by atoms with van der Waals surface area (Å²) in [5, 5.41) is 0. The fraction of sp³-hybridized carbons (Fsp3) is 1.00. The zero-order chi connectivity index (χ0) is 13.9. The standard InChI is InChI=1S/C14H32N2O2/c1-5-17-11-9-16(10-12-18-6-2)8-7-14(3,4)13-15/h5-13,15H2,1-4H3. The molecule has 4 heteroatoms. The Morgan fingerprint density at radius 1 is 0.944 bits per heavy atom. The van der Waals surface area contributed by atoms with Gasteiger partial charge >= 0.3 is 0 Å². The minimum atomic E-state index is 0.218. The van der Waals surface area contributed by atoms with Crippen molar-refractivity contribution in [2.75, 3.05) is 52.6 Å². The van der Waals surface area contributed by atoms with Gasteiger partial charge in [0.15, 0.2) is 0 Å². The van der Waals surface area contributed by atoms with E-state index in [0.29, 0.717) is 0 Å². The molecule has 0 aliphatic heterocycles. The van der Waals surface area contributed by atoms with E-state index in [1.54, 1.807) is 0 Å². The lowest BCUT2D eigenvalue weighted by atomic mass is 9.89. The van der Waals surface area contributed by atoms with E-state index >= 15 is 0 Å². The van der Waals surface area contributed by atoms with E-state index in [2.05, 4.69) is 18.7 Å². The highest BCUT2D eigenvalue weighted by Gasteiger charge is 2.17. The van der Waals surface area contributed by atoms with Gasteiger partial charge in [0.1, 0.15) is 0 Å². The second-order valence-electron chi connectivity index (χ2n) is 5.35. The summed E-state index contributed by atoms with van der Waals surface area (Å²) in [6, 6.07) is 0. The first-order chi connectivity index (χ1) is 8.55. The Bertz CT molecular complexity index is 177. The van der Waals surface area contributed by atoms with Gasteiger partial charge in [0, 0.05) is 26.3 Å². The van der Waals surface area contributed by atoms with Crippen molar-refractivity contribution < 1.29 is 9.47 Å². The van der Waals surface area contributed by atoms with E-state index in [0.717, 1.165) is 59.0 Å². The van der Waals surface area contributed by atoms with E-state index in [1.807, 2.05) is 13.8 Å². The molecule has 0 saturated heterocycles. The van der Waals surface area contributed by atoms with Gasteiger partial charge in [-0.25, -0.2) is 0 Å². The van der Waals surface area contributed by atoms with Gasteiger partial charge in [-0.05, 0) is 38.8 Å². The molecule has 0 bridgehead atoms. The van der Waals surface area contributed by atoms with Gasteiger partial charge in [-0.3, -0.25) is 4.90 Å². The summed E-state index contributed by atoms with van der Waals surface area (Å²) in [6.07, 6.45) is 1.11. The Labute approximate surface area is 113 Å². The Balaban J connectivity index is 3.94. The van der Waals surface area contributed by atoms with Gasteiger partial charge in [-0.2, -0.15) is 0 Å². The molecule has 110 valence electrons. The topological polar surface area (TPSA) is 47.7 Å². The van der Waals surface area contributed by atoms with Crippen LogP contribution in [0.25, 0.3) is 0 Å². The minimum Gasteiger partial charge on any atom is -0.380 e. The molecule has 0 aliphatic rings. The number of hydrogen-bond acceptors (Lipinski definition) is 4. The fourth-order valence-electron chi connectivity index (χ4n) is 1.57. The third-order valence-corrected chi connectivity index (χ3v) is 3.17. The monoisotopic (exact) mass is 260 g/mol. The SMILES string of the molecule is CCOCCN(CCOCC)CCC(C)(C)CN. The zero-order valence-electron chi connectivity index (χ0n) is 12.7. The van der Waals surface area contributed by atoms with Crippen molar-refractivity contribution in [2.24, 2.45) is 11.1 Å². The second-order valence-corrected chi connectivity index (χ2v) is 5.35. The third-order valence-electron chi connectivity index (χ3n) is 3.17. The highest BCUT2D eigenvalue weighted by molar-refractivity contribution is 4.72. The Morgan fingerprint density at radius 2 is 1.44 bits per heavy atom. The summed E-state index contributed by atoms with van der Waals surface area (Å²) in [5.74, 6) is 0. The normalized spacial score (nSPS) is 12.3. The van der Waals surface area contributed by atoms with Crippen molar-refractivity contribution in [1.82, 2.24) is 4.90 Å². The molecular formula is C14H32N2O2. The third kappa shape index (κ3) is 9.83. The molecule has 2 N–H and O–H groups in total. The van der Waals surface area contributed by atoms with E-state index < -0.39 is 0 Å². The molecule has 0 saturated carbocycles. The number of nitrogens with zero attached hydrogens (tertiary/aromatic N) is 1. The average molecular weight is 260 g/mol. The number of ether oxygens (including phenoxy) is 2. The van der Waals surface area contributed by atoms with Crippen LogP contribution < -0.4 is 5.73 Å². The Hall–Kier alpha value is -0.160. The molecule has 0 spiro atoms. The second kappa shape index (κ2) is 10.7. The summed E-state index contributed by atoms with van der Waals surface area (Å²) < 4.78 is 10.8. The van der Waals surface area contributed by atoms with Crippen molar-refractivity contribution in [2.45, 2.75) is 34.1 Å². The maximum absolute atomic E-state index is 5.77. The molecule has 0 unspecified atom stereocenters. The summed E-state index contributed by atoms with van der Waals surface area (Å²) in [6.45, 7) is 15.4. The van der Waals surface area contributed by atoms with Crippen LogP contribution in [-0.4, -0.2) is 57.5 Å². The first kappa shape index (κ1) is 17.8. The predicted molar refractivity (Wildman–Crippen MR) is 76.9 cm³/mol. The predicted octanol–water partition coefficient (Wildman–Crippen LogP) is 1.74. The molecule has 18 heavy (non-hydrogen) atoms. The van der Waals surface area contributed by atoms with Gasteiger partial charge < -0.3 is 15.2 Å². The number of hydrogen-bond donors (Lipinski definition) is 1. The average Bonchev–Trinajstić information content (AvgIpc) is 2.36. The molecule has 0 radical (unpaired) electrons. The molecular weight excluding hydrogens is 228 g/mol. The molecule has 0 aromatic carbocycles. The van der Waals surface area contributed by atoms with Crippen LogP contribution in [0.3, 0.4) is 0 Å². The van der Waals surface area contributed by atoms with Gasteiger partial charge in [0.05, 0.1) is 13.2 Å². The van der Waals surface area contributed by atoms with Gasteiger partial charge in [0.25, 0.3) is 0 Å². The van der Waals surface area contributed by atoms with Crippen molar-refractivity contribution in [3.8, 4) is 0 Å². The van der Waals surface area contributed by atoms with Gasteiger partial charge in [-0.15, -0.1) is 0 Å². The van der Waals surface area contributed by atoms with Crippen LogP contribution in [0.5, 0.6) is 0 Å². The highest BCUT2D eigenvalue weighted by atomic mass is 16.5. The number of rotatable bonds is 12. The van der Waals surface area contributed by atoms with E-state index in [9.17, 15) is 0 Å². The lowest BCUT2D eigenvalue weighted by Crippen LogP contribution is -2.35. The summed E-state index contributed by atoms with van der Waals surface area (Å²) in [5.41, 5.74) is 5.99. The molecule has 0 fully saturated rings. The van der Waals surface area contributed by atoms with Crippen LogP contribution in [0.4, 0.5) is 0 Å². The van der Waals surface area contributed by atoms with Crippen LogP contribution in [0, 0.1) is 5.41 Å². The minimum absolute atomic E-state index is 0.218. The highest BCUT2D eigenvalue weighted by Crippen LogP contribution is 2.18. The summed E-state index contributed by atoms with van der Waals surface area (Å²) in [7, 11) is 0. The molecule has 0 heterocycles. The molecule has 4 nitrogen and oxygen atoms in total. The molecule has 0 rings (SSSR count). The molecule has 0 aromatic rings. The van der Waals surface area contributed by atoms with E-state index in [4.69, 9.17) is 15.2 Å². The first-order valence-corrected chi connectivity index (χ1v) is 7.13. The lowest BCUT2D eigenvalue weighted by Gasteiger charge is -2.28. The summed E-state index contributed by atoms with van der Waals surface area (Å²) >= 11 is 0. The van der Waals surface area contributed by atoms with Crippen molar-refractivity contribution >= 4 is 0 Å². The maximum atomic E-state index is 5.77. The van der Waals surface area contributed by atoms with Crippen molar-refractivity contribution in [3.05, 3.63) is 0 Å². The molecule has 0 aromatic heterocycles. The van der Waals surface area contributed by atoms with Crippen LogP contribution in [0.2, 0.25) is 0 Å². The fourth-order valence-corrected chi connectivity index (χ4v) is 1.57. The number of nitrogens with two attached hydrogens (primary N) is 1. The van der Waals surface area contributed by atoms with E-state index in [-0.39, 0.29) is 5.41 Å².